The van der Waals surface area contributed by atoms with Gasteiger partial charge in [-0.25, -0.2) is 0 Å². The minimum atomic E-state index is 0. The molecule has 0 atom stereocenters. The molecule has 27 aromatic rings. The van der Waals surface area contributed by atoms with Gasteiger partial charge in [0.2, 0.25) is 0 Å². The van der Waals surface area contributed by atoms with E-state index >= 15 is 0 Å². The first-order chi connectivity index (χ1) is 66.7. The number of pyridine rings is 3. The van der Waals surface area contributed by atoms with Gasteiger partial charge in [-0.1, -0.05) is 191 Å². The molecule has 138 heavy (non-hydrogen) atoms. The van der Waals surface area contributed by atoms with Gasteiger partial charge in [-0.3, -0.25) is 15.0 Å². The minimum absolute atomic E-state index is 0. The second kappa shape index (κ2) is 37.9. The normalized spacial score (nSPS) is 11.4. The van der Waals surface area contributed by atoms with E-state index in [0.29, 0.717) is 0 Å². The molecule has 0 N–H and O–H groups in total. The summed E-state index contributed by atoms with van der Waals surface area (Å²) in [5.74, 6) is 2.67. The molecule has 0 saturated heterocycles. The molecular formula is C117H72N12Pt3S6. The molecule has 666 valence electrons. The van der Waals surface area contributed by atoms with Crippen molar-refractivity contribution in [3.8, 4) is 148 Å². The first-order valence-corrected chi connectivity index (χ1v) is 49.4. The van der Waals surface area contributed by atoms with Crippen LogP contribution in [0.3, 0.4) is 0 Å². The van der Waals surface area contributed by atoms with Gasteiger partial charge in [-0.2, -0.15) is 22.7 Å². The number of benzene rings is 12. The van der Waals surface area contributed by atoms with Crippen LogP contribution < -0.4 is 0 Å². The standard InChI is InChI=1S/3C39H24N4S2.3Pt/c1-42-35-10-3-2-9-33(35)41-39(42)27-13-16-30-31-22-26(37-11-5-19-44-37)15-18-34(31)43(36(30)23-27)29-8-4-7-25(21-29)32-17-14-28(24-40-32)38-12-6-20-45-38;1-42-35-13-3-2-12-33(35)41-39(42)31-24-36-29(23-30(31)38-15-8-20-45-38)28-22-26(37-14-7-19-44-37)16-17-34(28)43(36)27-10-6-9-25(21-27)32-11-4-5-18-40-32;1-42-34-10-3-2-9-32(34)41-39(42)27-14-16-28-30-22-26(37-11-6-20-44-37)15-18-33(30)43(35(28)24-27)36-23-25(31-8-4-5-19-40-31)13-17-29(36)38-12-7-21-45-38;;;/h2-20,22,24H,1H3;2-20,22-23H,1H3;2-22H,1H3;;;/q3*-2;3*+2. The van der Waals surface area contributed by atoms with Crippen molar-refractivity contribution < 1.29 is 63.2 Å². The summed E-state index contributed by atoms with van der Waals surface area (Å²) < 4.78 is 13.4. The van der Waals surface area contributed by atoms with Crippen LogP contribution in [0, 0.1) is 36.4 Å². The summed E-state index contributed by atoms with van der Waals surface area (Å²) in [6.45, 7) is 0. The molecule has 12 nitrogen and oxygen atoms in total. The third kappa shape index (κ3) is 16.2. The molecule has 15 aromatic heterocycles. The van der Waals surface area contributed by atoms with Crippen LogP contribution in [0.5, 0.6) is 0 Å². The van der Waals surface area contributed by atoms with Gasteiger partial charge in [0.15, 0.2) is 0 Å². The molecule has 0 fully saturated rings. The quantitative estimate of drug-likeness (QED) is 0.0947. The number of nitrogens with zero attached hydrogens (tertiary/aromatic N) is 12. The molecular weight excluding hydrogens is 2350 g/mol. The van der Waals surface area contributed by atoms with Gasteiger partial charge in [0.05, 0.1) is 50.6 Å². The molecule has 21 heteroatoms. The van der Waals surface area contributed by atoms with Gasteiger partial charge in [-0.15, -0.1) is 188 Å². The maximum absolute atomic E-state index is 5.13. The Labute approximate surface area is 861 Å². The molecule has 27 rings (SSSR count). The Morgan fingerprint density at radius 1 is 0.246 bits per heavy atom. The van der Waals surface area contributed by atoms with Crippen molar-refractivity contribution in [1.29, 1.82) is 0 Å². The fraction of sp³-hybridized carbons (Fsp3) is 0.0256. The van der Waals surface area contributed by atoms with Crippen LogP contribution >= 0.6 is 68.0 Å². The molecule has 0 saturated carbocycles. The number of hydrogen-bond donors (Lipinski definition) is 0. The van der Waals surface area contributed by atoms with Gasteiger partial charge >= 0.3 is 63.2 Å². The Balaban J connectivity index is 0.000000118. The molecule has 0 bridgehead atoms. The smallest absolute Gasteiger partial charge is 0.367 e. The summed E-state index contributed by atoms with van der Waals surface area (Å²) in [4.78, 5) is 36.6. The Morgan fingerprint density at radius 2 is 0.630 bits per heavy atom. The molecule has 0 aliphatic carbocycles. The zero-order chi connectivity index (χ0) is 89.7. The molecule has 0 radical (unpaired) electrons. The topological polar surface area (TPSA) is 107 Å². The molecule has 15 heterocycles. The van der Waals surface area contributed by atoms with Crippen LogP contribution in [0.1, 0.15) is 0 Å². The van der Waals surface area contributed by atoms with Gasteiger partial charge in [0, 0.05) is 81.4 Å². The molecule has 0 spiro atoms. The van der Waals surface area contributed by atoms with Crippen molar-refractivity contribution in [2.24, 2.45) is 21.1 Å². The summed E-state index contributed by atoms with van der Waals surface area (Å²) in [5.41, 5.74) is 30.8. The summed E-state index contributed by atoms with van der Waals surface area (Å²) in [6, 6.07) is 138. The van der Waals surface area contributed by atoms with Crippen LogP contribution in [0.25, 0.3) is 246 Å². The van der Waals surface area contributed by atoms with Crippen molar-refractivity contribution in [3.63, 3.8) is 0 Å². The predicted octanol–water partition coefficient (Wildman–Crippen LogP) is 31.4. The average Bonchev–Trinajstić information content (AvgIpc) is 1.57. The Bertz CT molecular complexity index is 9150. The number of thiophene rings is 6. The van der Waals surface area contributed by atoms with E-state index in [1.165, 1.54) is 62.1 Å². The first-order valence-electron chi connectivity index (χ1n) is 44.1. The van der Waals surface area contributed by atoms with Crippen LogP contribution in [-0.4, -0.2) is 57.3 Å². The van der Waals surface area contributed by atoms with E-state index in [1.807, 2.05) is 73.2 Å². The predicted molar refractivity (Wildman–Crippen MR) is 564 cm³/mol. The van der Waals surface area contributed by atoms with Crippen molar-refractivity contribution in [2.45, 2.75) is 0 Å². The van der Waals surface area contributed by atoms with Crippen LogP contribution in [0.2, 0.25) is 0 Å². The van der Waals surface area contributed by atoms with E-state index in [4.69, 9.17) is 19.9 Å². The third-order valence-electron chi connectivity index (χ3n) is 25.1. The number of aryl methyl sites for hydroxylation is 3. The number of fused-ring (bicyclic) bond motifs is 12. The number of imidazole rings is 3. The molecule has 0 amide bonds. The van der Waals surface area contributed by atoms with Crippen molar-refractivity contribution >= 4 is 167 Å². The number of aromatic nitrogens is 12. The fourth-order valence-electron chi connectivity index (χ4n) is 18.7. The first kappa shape index (κ1) is 89.4. The zero-order valence-electron chi connectivity index (χ0n) is 73.6. The van der Waals surface area contributed by atoms with E-state index in [0.717, 1.165) is 184 Å². The van der Waals surface area contributed by atoms with E-state index in [9.17, 15) is 0 Å². The van der Waals surface area contributed by atoms with E-state index in [1.54, 1.807) is 68.0 Å². The number of hydrogen-bond acceptors (Lipinski definition) is 12. The van der Waals surface area contributed by atoms with E-state index in [2.05, 4.69) is 400 Å². The molecule has 0 aliphatic rings. The molecule has 12 aromatic carbocycles. The summed E-state index contributed by atoms with van der Waals surface area (Å²) in [5, 5.41) is 19.7. The maximum Gasteiger partial charge on any atom is 2.00 e. The van der Waals surface area contributed by atoms with Crippen LogP contribution in [0.15, 0.2) is 378 Å². The van der Waals surface area contributed by atoms with Crippen molar-refractivity contribution in [3.05, 3.63) is 415 Å². The Morgan fingerprint density at radius 3 is 1.07 bits per heavy atom. The summed E-state index contributed by atoms with van der Waals surface area (Å²) >= 11 is 10.5. The van der Waals surface area contributed by atoms with E-state index < -0.39 is 0 Å². The van der Waals surface area contributed by atoms with Crippen molar-refractivity contribution in [1.82, 2.24) is 57.3 Å². The van der Waals surface area contributed by atoms with Crippen LogP contribution in [-0.2, 0) is 84.3 Å². The Hall–Kier alpha value is -13.8. The summed E-state index contributed by atoms with van der Waals surface area (Å²) in [6.07, 6.45) is 5.61. The largest absolute Gasteiger partial charge is 2.00 e. The second-order valence-electron chi connectivity index (χ2n) is 33.0. The number of para-hydroxylation sites is 6. The maximum atomic E-state index is 5.13. The van der Waals surface area contributed by atoms with E-state index in [-0.39, 0.29) is 63.2 Å². The monoisotopic (exact) mass is 2420 g/mol. The van der Waals surface area contributed by atoms with Gasteiger partial charge in [0.25, 0.3) is 0 Å². The second-order valence-corrected chi connectivity index (χ2v) is 38.7. The third-order valence-corrected chi connectivity index (χ3v) is 30.6. The van der Waals surface area contributed by atoms with Gasteiger partial charge in [-0.05, 0) is 217 Å². The Kier molecular flexibility index (Phi) is 24.6. The average molecular weight is 2420 g/mol. The molecule has 0 aliphatic heterocycles. The SMILES string of the molecule is Cn1c(-c2[c-]c3c(cc2)c2cc(-c4cccs4)ccc2n3-c2[c-]c(-c3ccc(-c4cccs4)cn3)ccc2)nc2ccccc21.Cn1c(-c2[c-]c3c(cc2)c2cc(-c4cccs4)ccc2n3-c2[c-]c(-c3ccccn3)ccc2-c2cccs2)nc2ccccc21.Cn1c(-c2[c-]c3c(cc2-c2cccs2)c2cc(-c4cccs4)ccc2n3-c2[c-]c(-c3ccccn3)ccc2)nc2ccccc21.[Pt+2].[Pt+2].[Pt+2]. The van der Waals surface area contributed by atoms with Gasteiger partial charge in [0.1, 0.15) is 0 Å². The zero-order valence-corrected chi connectivity index (χ0v) is 85.4. The number of rotatable bonds is 15. The molecule has 0 unspecified atom stereocenters. The van der Waals surface area contributed by atoms with Crippen molar-refractivity contribution in [2.75, 3.05) is 0 Å². The van der Waals surface area contributed by atoms with Crippen LogP contribution in [0.4, 0.5) is 0 Å². The minimum Gasteiger partial charge on any atom is -0.367 e. The fourth-order valence-corrected chi connectivity index (χ4v) is 23.1. The summed E-state index contributed by atoms with van der Waals surface area (Å²) in [7, 11) is 6.23. The van der Waals surface area contributed by atoms with Gasteiger partial charge < -0.3 is 42.4 Å².